The van der Waals surface area contributed by atoms with Gasteiger partial charge in [0.15, 0.2) is 0 Å². The Labute approximate surface area is 121 Å². The largest absolute Gasteiger partial charge is 0.481 e. The highest BCUT2D eigenvalue weighted by Crippen LogP contribution is 2.14. The fourth-order valence-corrected chi connectivity index (χ4v) is 1.62. The van der Waals surface area contributed by atoms with Crippen LogP contribution in [0, 0.1) is 28.6 Å². The molecule has 0 fully saturated rings. The van der Waals surface area contributed by atoms with E-state index in [2.05, 4.69) is 10.6 Å². The molecule has 2 amide bonds. The quantitative estimate of drug-likeness (QED) is 0.758. The van der Waals surface area contributed by atoms with Crippen LogP contribution >= 0.6 is 0 Å². The highest BCUT2D eigenvalue weighted by Gasteiger charge is 2.10. The van der Waals surface area contributed by atoms with Gasteiger partial charge < -0.3 is 15.7 Å². The average Bonchev–Trinajstić information content (AvgIpc) is 2.44. The first kappa shape index (κ1) is 16.0. The van der Waals surface area contributed by atoms with Crippen molar-refractivity contribution in [2.24, 2.45) is 5.92 Å². The summed E-state index contributed by atoms with van der Waals surface area (Å²) >= 11 is 0. The van der Waals surface area contributed by atoms with Crippen molar-refractivity contribution in [3.63, 3.8) is 0 Å². The molecule has 1 aromatic carbocycles. The Morgan fingerprint density at radius 1 is 1.29 bits per heavy atom. The van der Waals surface area contributed by atoms with Crippen LogP contribution in [0.2, 0.25) is 0 Å². The van der Waals surface area contributed by atoms with Crippen molar-refractivity contribution >= 4 is 17.7 Å². The number of hydrogen-bond donors (Lipinski definition) is 3. The van der Waals surface area contributed by atoms with Gasteiger partial charge in [0.25, 0.3) is 0 Å². The monoisotopic (exact) mass is 286 g/mol. The minimum absolute atomic E-state index is 0.0320. The third kappa shape index (κ3) is 5.21. The third-order valence-corrected chi connectivity index (χ3v) is 2.65. The number of aliphatic carboxylic acids is 1. The first-order valence-electron chi connectivity index (χ1n) is 6.17. The van der Waals surface area contributed by atoms with Crippen LogP contribution in [0.3, 0.4) is 0 Å². The van der Waals surface area contributed by atoms with Gasteiger partial charge in [-0.2, -0.15) is 10.5 Å². The molecule has 108 valence electrons. The number of carboxylic acid groups (broad SMARTS) is 1. The molecular weight excluding hydrogens is 272 g/mol. The number of carbonyl (C=O) groups excluding carboxylic acids is 1. The van der Waals surface area contributed by atoms with Crippen LogP contribution in [0.1, 0.15) is 24.5 Å². The Hall–Kier alpha value is -3.06. The lowest BCUT2D eigenvalue weighted by atomic mass is 10.1. The summed E-state index contributed by atoms with van der Waals surface area (Å²) < 4.78 is 0. The fraction of sp³-hybridized carbons (Fsp3) is 0.286. The summed E-state index contributed by atoms with van der Waals surface area (Å²) in [6, 6.07) is 7.61. The van der Waals surface area contributed by atoms with Crippen molar-refractivity contribution in [2.75, 3.05) is 11.9 Å². The van der Waals surface area contributed by atoms with E-state index >= 15 is 0 Å². The van der Waals surface area contributed by atoms with Crippen molar-refractivity contribution in [3.8, 4) is 12.1 Å². The minimum Gasteiger partial charge on any atom is -0.481 e. The summed E-state index contributed by atoms with van der Waals surface area (Å²) in [4.78, 5) is 22.1. The summed E-state index contributed by atoms with van der Waals surface area (Å²) in [7, 11) is 0. The number of nitrogens with one attached hydrogen (secondary N) is 2. The van der Waals surface area contributed by atoms with E-state index in [4.69, 9.17) is 15.6 Å². The number of rotatable bonds is 5. The second-order valence-corrected chi connectivity index (χ2v) is 4.52. The summed E-state index contributed by atoms with van der Waals surface area (Å²) in [5, 5.41) is 31.3. The summed E-state index contributed by atoms with van der Waals surface area (Å²) in [5.74, 6) is -1.11. The Bertz CT molecular complexity index is 628. The molecule has 21 heavy (non-hydrogen) atoms. The highest BCUT2D eigenvalue weighted by molar-refractivity contribution is 5.89. The molecule has 1 aromatic rings. The molecule has 1 rings (SSSR count). The van der Waals surface area contributed by atoms with Crippen molar-refractivity contribution in [3.05, 3.63) is 29.3 Å². The molecule has 0 spiro atoms. The van der Waals surface area contributed by atoms with E-state index in [0.717, 1.165) is 0 Å². The standard InChI is InChI=1S/C14H14N4O3/c1-9(4-13(19)20)8-17-14(21)18-12-3-2-10(6-15)11(5-12)7-16/h2-3,5,9H,4,8H2,1H3,(H,19,20)(H2,17,18,21). The number of carbonyl (C=O) groups is 2. The van der Waals surface area contributed by atoms with E-state index < -0.39 is 12.0 Å². The van der Waals surface area contributed by atoms with Gasteiger partial charge in [0.1, 0.15) is 12.1 Å². The van der Waals surface area contributed by atoms with Crippen LogP contribution < -0.4 is 10.6 Å². The minimum atomic E-state index is -0.921. The summed E-state index contributed by atoms with van der Waals surface area (Å²) in [6.07, 6.45) is -0.0320. The Morgan fingerprint density at radius 3 is 2.52 bits per heavy atom. The van der Waals surface area contributed by atoms with E-state index in [1.165, 1.54) is 18.2 Å². The zero-order valence-electron chi connectivity index (χ0n) is 11.4. The van der Waals surface area contributed by atoms with E-state index in [1.54, 1.807) is 6.92 Å². The SMILES string of the molecule is CC(CNC(=O)Nc1ccc(C#N)c(C#N)c1)CC(=O)O. The third-order valence-electron chi connectivity index (χ3n) is 2.65. The summed E-state index contributed by atoms with van der Waals surface area (Å²) in [5.41, 5.74) is 0.794. The fourth-order valence-electron chi connectivity index (χ4n) is 1.62. The van der Waals surface area contributed by atoms with Gasteiger partial charge >= 0.3 is 12.0 Å². The zero-order chi connectivity index (χ0) is 15.8. The molecule has 7 heteroatoms. The van der Waals surface area contributed by atoms with Gasteiger partial charge in [-0.15, -0.1) is 0 Å². The Balaban J connectivity index is 2.58. The molecule has 0 aliphatic carbocycles. The first-order chi connectivity index (χ1) is 9.96. The molecule has 0 aromatic heterocycles. The maximum atomic E-state index is 11.6. The number of amides is 2. The van der Waals surface area contributed by atoms with Gasteiger partial charge in [-0.1, -0.05) is 6.92 Å². The average molecular weight is 286 g/mol. The lowest BCUT2D eigenvalue weighted by molar-refractivity contribution is -0.137. The molecule has 0 aliphatic rings. The number of carboxylic acids is 1. The van der Waals surface area contributed by atoms with Crippen LogP contribution in [-0.4, -0.2) is 23.7 Å². The molecule has 1 atom stereocenters. The molecule has 1 unspecified atom stereocenters. The second kappa shape index (κ2) is 7.51. The van der Waals surface area contributed by atoms with Gasteiger partial charge in [0.05, 0.1) is 11.1 Å². The predicted octanol–water partition coefficient (Wildman–Crippen LogP) is 1.66. The van der Waals surface area contributed by atoms with Crippen LogP contribution in [0.25, 0.3) is 0 Å². The van der Waals surface area contributed by atoms with Gasteiger partial charge in [-0.3, -0.25) is 4.79 Å². The van der Waals surface area contributed by atoms with Crippen molar-refractivity contribution in [1.82, 2.24) is 5.32 Å². The molecule has 0 bridgehead atoms. The van der Waals surface area contributed by atoms with Crippen molar-refractivity contribution in [2.45, 2.75) is 13.3 Å². The Morgan fingerprint density at radius 2 is 1.95 bits per heavy atom. The van der Waals surface area contributed by atoms with Crippen molar-refractivity contribution in [1.29, 1.82) is 10.5 Å². The van der Waals surface area contributed by atoms with Gasteiger partial charge in [0.2, 0.25) is 0 Å². The first-order valence-corrected chi connectivity index (χ1v) is 6.17. The van der Waals surface area contributed by atoms with E-state index in [-0.39, 0.29) is 30.0 Å². The number of benzene rings is 1. The van der Waals surface area contributed by atoms with Gasteiger partial charge in [0, 0.05) is 18.7 Å². The van der Waals surface area contributed by atoms with Gasteiger partial charge in [-0.05, 0) is 24.1 Å². The number of nitrogens with zero attached hydrogens (tertiary/aromatic N) is 2. The molecule has 0 aliphatic heterocycles. The van der Waals surface area contributed by atoms with Crippen molar-refractivity contribution < 1.29 is 14.7 Å². The van der Waals surface area contributed by atoms with E-state index in [1.807, 2.05) is 12.1 Å². The number of nitriles is 2. The molecule has 0 saturated heterocycles. The molecule has 0 radical (unpaired) electrons. The molecule has 7 nitrogen and oxygen atoms in total. The molecule has 3 N–H and O–H groups in total. The summed E-state index contributed by atoms with van der Waals surface area (Å²) in [6.45, 7) is 1.93. The topological polar surface area (TPSA) is 126 Å². The Kier molecular flexibility index (Phi) is 5.72. The maximum Gasteiger partial charge on any atom is 0.319 e. The lowest BCUT2D eigenvalue weighted by Gasteiger charge is -2.11. The van der Waals surface area contributed by atoms with E-state index in [9.17, 15) is 9.59 Å². The lowest BCUT2D eigenvalue weighted by Crippen LogP contribution is -2.33. The normalized spacial score (nSPS) is 10.8. The molecule has 0 heterocycles. The van der Waals surface area contributed by atoms with Crippen LogP contribution in [0.4, 0.5) is 10.5 Å². The number of anilines is 1. The second-order valence-electron chi connectivity index (χ2n) is 4.52. The van der Waals surface area contributed by atoms with Crippen LogP contribution in [-0.2, 0) is 4.79 Å². The van der Waals surface area contributed by atoms with Gasteiger partial charge in [-0.25, -0.2) is 4.79 Å². The van der Waals surface area contributed by atoms with Crippen LogP contribution in [0.15, 0.2) is 18.2 Å². The smallest absolute Gasteiger partial charge is 0.319 e. The van der Waals surface area contributed by atoms with E-state index in [0.29, 0.717) is 5.69 Å². The molecular formula is C14H14N4O3. The number of hydrogen-bond acceptors (Lipinski definition) is 4. The predicted molar refractivity (Wildman–Crippen MR) is 74.3 cm³/mol. The number of urea groups is 1. The molecule has 0 saturated carbocycles. The highest BCUT2D eigenvalue weighted by atomic mass is 16.4. The maximum absolute atomic E-state index is 11.6. The zero-order valence-corrected chi connectivity index (χ0v) is 11.4. The van der Waals surface area contributed by atoms with Crippen LogP contribution in [0.5, 0.6) is 0 Å².